The Bertz CT molecular complexity index is 1280. The van der Waals surface area contributed by atoms with Gasteiger partial charge in [0.1, 0.15) is 11.3 Å². The Balaban J connectivity index is 1.57. The van der Waals surface area contributed by atoms with E-state index in [0.29, 0.717) is 24.2 Å². The molecule has 1 aliphatic rings. The van der Waals surface area contributed by atoms with E-state index in [0.717, 1.165) is 29.0 Å². The lowest BCUT2D eigenvalue weighted by Gasteiger charge is -2.44. The molecule has 0 bridgehead atoms. The minimum Gasteiger partial charge on any atom is -0.481 e. The van der Waals surface area contributed by atoms with Crippen LogP contribution in [-0.4, -0.2) is 31.1 Å². The van der Waals surface area contributed by atoms with Gasteiger partial charge in [0, 0.05) is 23.6 Å². The summed E-state index contributed by atoms with van der Waals surface area (Å²) < 4.78 is 38.9. The van der Waals surface area contributed by atoms with Gasteiger partial charge in [0.15, 0.2) is 0 Å². The Morgan fingerprint density at radius 3 is 2.47 bits per heavy atom. The van der Waals surface area contributed by atoms with Crippen LogP contribution >= 0.6 is 0 Å². The topological polar surface area (TPSA) is 108 Å². The number of aliphatic hydroxyl groups is 1. The summed E-state index contributed by atoms with van der Waals surface area (Å²) in [6.45, 7) is 5.55. The van der Waals surface area contributed by atoms with Gasteiger partial charge in [-0.3, -0.25) is 9.78 Å². The van der Waals surface area contributed by atoms with Crippen LogP contribution in [0, 0.1) is 18.3 Å². The molecule has 0 spiro atoms. The number of alkyl halides is 3. The largest absolute Gasteiger partial charge is 0.481 e. The van der Waals surface area contributed by atoms with Crippen molar-refractivity contribution in [2.75, 3.05) is 5.32 Å². The third-order valence-electron chi connectivity index (χ3n) is 6.69. The highest BCUT2D eigenvalue weighted by Gasteiger charge is 2.48. The zero-order valence-electron chi connectivity index (χ0n) is 20.1. The van der Waals surface area contributed by atoms with Crippen molar-refractivity contribution in [2.24, 2.45) is 11.3 Å². The van der Waals surface area contributed by atoms with Crippen molar-refractivity contribution in [3.63, 3.8) is 0 Å². The third kappa shape index (κ3) is 5.33. The fourth-order valence-electron chi connectivity index (χ4n) is 4.98. The van der Waals surface area contributed by atoms with Crippen molar-refractivity contribution in [1.29, 1.82) is 0 Å². The molecule has 1 aliphatic carbocycles. The number of carboxylic acid groups (broad SMARTS) is 1. The van der Waals surface area contributed by atoms with Gasteiger partial charge in [-0.15, -0.1) is 0 Å². The van der Waals surface area contributed by atoms with Crippen molar-refractivity contribution < 1.29 is 28.2 Å². The summed E-state index contributed by atoms with van der Waals surface area (Å²) >= 11 is 0. The van der Waals surface area contributed by atoms with Crippen LogP contribution in [0.2, 0.25) is 0 Å². The van der Waals surface area contributed by atoms with Crippen molar-refractivity contribution in [3.8, 4) is 11.1 Å². The number of carbonyl (C=O) groups is 1. The predicted octanol–water partition coefficient (Wildman–Crippen LogP) is 5.71. The first-order valence-corrected chi connectivity index (χ1v) is 11.5. The molecule has 0 amide bonds. The lowest BCUT2D eigenvalue weighted by atomic mass is 9.62. The number of nitrogens with one attached hydrogen (secondary N) is 1. The highest BCUT2D eigenvalue weighted by molar-refractivity contribution is 5.72. The molecule has 0 aliphatic heterocycles. The van der Waals surface area contributed by atoms with Crippen LogP contribution < -0.4 is 5.32 Å². The van der Waals surface area contributed by atoms with E-state index in [-0.39, 0.29) is 12.4 Å². The number of anilines is 2. The fourth-order valence-corrected chi connectivity index (χ4v) is 4.98. The van der Waals surface area contributed by atoms with Gasteiger partial charge in [0.25, 0.3) is 0 Å². The van der Waals surface area contributed by atoms with E-state index in [1.54, 1.807) is 24.4 Å². The summed E-state index contributed by atoms with van der Waals surface area (Å²) in [4.78, 5) is 23.5. The minimum atomic E-state index is -4.57. The lowest BCUT2D eigenvalue weighted by molar-refractivity contribution is -0.154. The van der Waals surface area contributed by atoms with Crippen molar-refractivity contribution in [2.45, 2.75) is 51.8 Å². The number of nitrogens with zero attached hydrogens (tertiary/aromatic N) is 3. The second kappa shape index (κ2) is 9.16. The highest BCUT2D eigenvalue weighted by atomic mass is 19.4. The van der Waals surface area contributed by atoms with E-state index in [1.807, 2.05) is 32.9 Å². The monoisotopic (exact) mass is 500 g/mol. The standard InChI is InChI=1S/C26H27F3N4O3/c1-15-10-17(12-18(11-15)32-23-30-9-7-21(33-23)26(27,28)29)16-4-5-20(31-13-16)25(36)8-6-19(22(34)35)24(2,3)14-25/h4-5,7,9-13,19,36H,6,8,14H2,1-3H3,(H,34,35)(H,30,32,33)/t19-,25-/m0/s1. The van der Waals surface area contributed by atoms with Crippen molar-refractivity contribution in [1.82, 2.24) is 15.0 Å². The number of halogens is 3. The summed E-state index contributed by atoms with van der Waals surface area (Å²) in [6, 6.07) is 9.78. The van der Waals surface area contributed by atoms with Crippen LogP contribution in [-0.2, 0) is 16.6 Å². The van der Waals surface area contributed by atoms with Gasteiger partial charge in [-0.2, -0.15) is 13.2 Å². The molecule has 3 N–H and O–H groups in total. The van der Waals surface area contributed by atoms with Crippen LogP contribution in [0.1, 0.15) is 50.1 Å². The Hall–Kier alpha value is -3.53. The predicted molar refractivity (Wildman–Crippen MR) is 127 cm³/mol. The molecule has 2 heterocycles. The number of benzene rings is 1. The molecule has 36 heavy (non-hydrogen) atoms. The van der Waals surface area contributed by atoms with Gasteiger partial charge >= 0.3 is 12.1 Å². The number of hydrogen-bond acceptors (Lipinski definition) is 6. The zero-order valence-corrected chi connectivity index (χ0v) is 20.1. The first-order chi connectivity index (χ1) is 16.8. The molecule has 4 rings (SSSR count). The SMILES string of the molecule is Cc1cc(Nc2nccc(C(F)(F)F)n2)cc(-c2ccc([C@]3(O)CC[C@@H](C(=O)O)C(C)(C)C3)nc2)c1. The van der Waals surface area contributed by atoms with Gasteiger partial charge < -0.3 is 15.5 Å². The van der Waals surface area contributed by atoms with E-state index in [1.165, 1.54) is 0 Å². The molecule has 10 heteroatoms. The zero-order chi connectivity index (χ0) is 26.3. The quantitative estimate of drug-likeness (QED) is 0.412. The van der Waals surface area contributed by atoms with E-state index in [9.17, 15) is 28.2 Å². The molecular formula is C26H27F3N4O3. The van der Waals surface area contributed by atoms with Gasteiger partial charge in [0.05, 0.1) is 11.6 Å². The van der Waals surface area contributed by atoms with Crippen LogP contribution in [0.25, 0.3) is 11.1 Å². The summed E-state index contributed by atoms with van der Waals surface area (Å²) in [6.07, 6.45) is -0.964. The molecule has 0 radical (unpaired) electrons. The maximum absolute atomic E-state index is 13.0. The molecule has 0 unspecified atom stereocenters. The van der Waals surface area contributed by atoms with Gasteiger partial charge in [-0.1, -0.05) is 26.0 Å². The minimum absolute atomic E-state index is 0.170. The smallest absolute Gasteiger partial charge is 0.433 e. The normalized spacial score (nSPS) is 21.7. The fraction of sp³-hybridized carbons (Fsp3) is 0.385. The number of pyridine rings is 1. The van der Waals surface area contributed by atoms with E-state index in [4.69, 9.17) is 0 Å². The highest BCUT2D eigenvalue weighted by Crippen LogP contribution is 2.49. The number of carboxylic acids is 1. The Morgan fingerprint density at radius 1 is 1.11 bits per heavy atom. The van der Waals surface area contributed by atoms with Gasteiger partial charge in [0.2, 0.25) is 5.95 Å². The Morgan fingerprint density at radius 2 is 1.86 bits per heavy atom. The average molecular weight is 501 g/mol. The summed E-state index contributed by atoms with van der Waals surface area (Å²) in [7, 11) is 0. The molecule has 3 aromatic rings. The number of aromatic nitrogens is 3. The molecule has 2 aromatic heterocycles. The van der Waals surface area contributed by atoms with Gasteiger partial charge in [-0.05, 0) is 67.0 Å². The van der Waals surface area contributed by atoms with Crippen molar-refractivity contribution >= 4 is 17.6 Å². The summed E-state index contributed by atoms with van der Waals surface area (Å²) in [5.74, 6) is -1.56. The molecular weight excluding hydrogens is 473 g/mol. The maximum atomic E-state index is 13.0. The molecule has 7 nitrogen and oxygen atoms in total. The molecule has 1 fully saturated rings. The second-order valence-corrected chi connectivity index (χ2v) is 10.0. The number of hydrogen-bond donors (Lipinski definition) is 3. The summed E-state index contributed by atoms with van der Waals surface area (Å²) in [5.41, 5.74) is 0.510. The molecule has 1 saturated carbocycles. The van der Waals surface area contributed by atoms with E-state index in [2.05, 4.69) is 20.3 Å². The Kier molecular flexibility index (Phi) is 6.51. The van der Waals surface area contributed by atoms with Crippen molar-refractivity contribution in [3.05, 3.63) is 65.7 Å². The van der Waals surface area contributed by atoms with Crippen LogP contribution in [0.3, 0.4) is 0 Å². The average Bonchev–Trinajstić information content (AvgIpc) is 2.77. The first kappa shape index (κ1) is 25.6. The number of rotatable bonds is 5. The van der Waals surface area contributed by atoms with Crippen LogP contribution in [0.5, 0.6) is 0 Å². The van der Waals surface area contributed by atoms with E-state index >= 15 is 0 Å². The number of aliphatic carboxylic acids is 1. The molecule has 0 saturated heterocycles. The molecule has 190 valence electrons. The maximum Gasteiger partial charge on any atom is 0.433 e. The Labute approximate surface area is 206 Å². The first-order valence-electron chi connectivity index (χ1n) is 11.5. The molecule has 1 aromatic carbocycles. The number of aryl methyl sites for hydroxylation is 1. The molecule has 2 atom stereocenters. The summed E-state index contributed by atoms with van der Waals surface area (Å²) in [5, 5.41) is 23.6. The lowest BCUT2D eigenvalue weighted by Crippen LogP contribution is -2.45. The third-order valence-corrected chi connectivity index (χ3v) is 6.69. The second-order valence-electron chi connectivity index (χ2n) is 10.0. The van der Waals surface area contributed by atoms with Crippen LogP contribution in [0.4, 0.5) is 24.8 Å². The van der Waals surface area contributed by atoms with Crippen LogP contribution in [0.15, 0.2) is 48.8 Å². The van der Waals surface area contributed by atoms with E-state index < -0.39 is 34.8 Å². The van der Waals surface area contributed by atoms with Gasteiger partial charge in [-0.25, -0.2) is 9.97 Å².